The number of carbonyl (C=O) groups excluding carboxylic acids is 3. The molecule has 1 aromatic rings. The van der Waals surface area contributed by atoms with Gasteiger partial charge in [0.2, 0.25) is 17.7 Å². The van der Waals surface area contributed by atoms with E-state index >= 15 is 0 Å². The molecule has 0 spiro atoms. The fraction of sp³-hybridized carbons (Fsp3) is 0.400. The summed E-state index contributed by atoms with van der Waals surface area (Å²) in [6.07, 6.45) is 0.942. The fourth-order valence-electron chi connectivity index (χ4n) is 2.49. The molecule has 2 aliphatic heterocycles. The van der Waals surface area contributed by atoms with Crippen LogP contribution in [0.2, 0.25) is 0 Å². The van der Waals surface area contributed by atoms with Gasteiger partial charge in [-0.3, -0.25) is 14.4 Å². The van der Waals surface area contributed by atoms with Crippen LogP contribution in [0.1, 0.15) is 25.3 Å². The van der Waals surface area contributed by atoms with Crippen LogP contribution >= 0.6 is 11.8 Å². The van der Waals surface area contributed by atoms with Crippen LogP contribution < -0.4 is 16.0 Å². The summed E-state index contributed by atoms with van der Waals surface area (Å²) in [5.41, 5.74) is 1.70. The summed E-state index contributed by atoms with van der Waals surface area (Å²) in [6, 6.07) is 5.33. The molecule has 1 fully saturated rings. The van der Waals surface area contributed by atoms with Crippen LogP contribution in [-0.4, -0.2) is 29.0 Å². The Labute approximate surface area is 132 Å². The molecule has 0 aromatic heterocycles. The molecule has 2 atom stereocenters. The van der Waals surface area contributed by atoms with E-state index in [0.717, 1.165) is 16.1 Å². The van der Waals surface area contributed by atoms with Crippen LogP contribution in [-0.2, 0) is 20.9 Å². The van der Waals surface area contributed by atoms with Gasteiger partial charge in [-0.1, -0.05) is 6.07 Å². The molecule has 7 heteroatoms. The zero-order valence-electron chi connectivity index (χ0n) is 12.1. The molecule has 2 aliphatic rings. The van der Waals surface area contributed by atoms with Gasteiger partial charge in [-0.2, -0.15) is 0 Å². The third kappa shape index (κ3) is 3.09. The maximum absolute atomic E-state index is 11.9. The minimum absolute atomic E-state index is 0.00708. The number of carbonyl (C=O) groups is 3. The van der Waals surface area contributed by atoms with Gasteiger partial charge in [0.05, 0.1) is 10.9 Å². The Bertz CT molecular complexity index is 647. The van der Waals surface area contributed by atoms with Crippen molar-refractivity contribution in [1.82, 2.24) is 10.6 Å². The van der Waals surface area contributed by atoms with Crippen molar-refractivity contribution in [2.75, 3.05) is 5.32 Å². The fourth-order valence-corrected chi connectivity index (χ4v) is 3.42. The molecule has 116 valence electrons. The smallest absolute Gasteiger partial charge is 0.242 e. The van der Waals surface area contributed by atoms with Gasteiger partial charge >= 0.3 is 0 Å². The molecular weight excluding hydrogens is 302 g/mol. The van der Waals surface area contributed by atoms with E-state index in [0.29, 0.717) is 19.4 Å². The first kappa shape index (κ1) is 14.9. The monoisotopic (exact) mass is 319 g/mol. The average molecular weight is 319 g/mol. The molecule has 22 heavy (non-hydrogen) atoms. The Morgan fingerprint density at radius 2 is 2.23 bits per heavy atom. The Balaban J connectivity index is 1.62. The lowest BCUT2D eigenvalue weighted by Crippen LogP contribution is -2.41. The first-order valence-corrected chi connectivity index (χ1v) is 8.08. The summed E-state index contributed by atoms with van der Waals surface area (Å²) < 4.78 is 0. The van der Waals surface area contributed by atoms with Crippen LogP contribution in [0.4, 0.5) is 5.69 Å². The molecule has 3 rings (SSSR count). The Morgan fingerprint density at radius 1 is 1.41 bits per heavy atom. The highest BCUT2D eigenvalue weighted by Gasteiger charge is 2.27. The molecule has 0 aliphatic carbocycles. The molecule has 3 N–H and O–H groups in total. The number of amides is 3. The van der Waals surface area contributed by atoms with E-state index in [4.69, 9.17) is 0 Å². The summed E-state index contributed by atoms with van der Waals surface area (Å²) in [4.78, 5) is 35.8. The van der Waals surface area contributed by atoms with E-state index in [9.17, 15) is 14.4 Å². The minimum atomic E-state index is -0.429. The van der Waals surface area contributed by atoms with Crippen molar-refractivity contribution >= 4 is 35.2 Å². The van der Waals surface area contributed by atoms with Crippen molar-refractivity contribution in [2.24, 2.45) is 0 Å². The van der Waals surface area contributed by atoms with Crippen LogP contribution in [0.5, 0.6) is 0 Å². The molecule has 3 amide bonds. The molecule has 0 radical (unpaired) electrons. The van der Waals surface area contributed by atoms with E-state index in [1.54, 1.807) is 0 Å². The molecule has 0 saturated carbocycles. The van der Waals surface area contributed by atoms with E-state index in [-0.39, 0.29) is 23.0 Å². The van der Waals surface area contributed by atoms with Gasteiger partial charge < -0.3 is 16.0 Å². The number of nitrogens with one attached hydrogen (secondary N) is 3. The number of hydrogen-bond acceptors (Lipinski definition) is 4. The maximum atomic E-state index is 11.9. The van der Waals surface area contributed by atoms with E-state index in [1.165, 1.54) is 11.8 Å². The topological polar surface area (TPSA) is 87.3 Å². The number of anilines is 1. The second kappa shape index (κ2) is 6.00. The maximum Gasteiger partial charge on any atom is 0.242 e. The third-order valence-electron chi connectivity index (χ3n) is 3.75. The average Bonchev–Trinajstić information content (AvgIpc) is 2.92. The lowest BCUT2D eigenvalue weighted by atomic mass is 10.1. The Morgan fingerprint density at radius 3 is 2.95 bits per heavy atom. The first-order chi connectivity index (χ1) is 10.5. The highest BCUT2D eigenvalue weighted by Crippen LogP contribution is 2.35. The number of benzene rings is 1. The van der Waals surface area contributed by atoms with Gasteiger partial charge in [-0.15, -0.1) is 11.8 Å². The van der Waals surface area contributed by atoms with Crippen LogP contribution in [0.15, 0.2) is 23.1 Å². The lowest BCUT2D eigenvalue weighted by molar-refractivity contribution is -0.125. The lowest BCUT2D eigenvalue weighted by Gasteiger charge is -2.22. The SMILES string of the molecule is CC1Sc2ccc(CNC(=O)C3CCC(=O)N3)cc2NC1=O. The minimum Gasteiger partial charge on any atom is -0.350 e. The molecule has 1 aromatic carbocycles. The van der Waals surface area contributed by atoms with Gasteiger partial charge in [0, 0.05) is 17.9 Å². The number of thioether (sulfide) groups is 1. The van der Waals surface area contributed by atoms with Crippen molar-refractivity contribution in [3.63, 3.8) is 0 Å². The predicted octanol–water partition coefficient (Wildman–Crippen LogP) is 1.01. The summed E-state index contributed by atoms with van der Waals surface area (Å²) >= 11 is 1.53. The molecule has 2 heterocycles. The first-order valence-electron chi connectivity index (χ1n) is 7.20. The molecule has 0 bridgehead atoms. The van der Waals surface area contributed by atoms with Gasteiger partial charge in [-0.05, 0) is 31.0 Å². The second-order valence-electron chi connectivity index (χ2n) is 5.46. The standard InChI is InChI=1S/C15H17N3O3S/c1-8-14(20)18-11-6-9(2-4-12(11)22-8)7-16-15(21)10-3-5-13(19)17-10/h2,4,6,8,10H,3,5,7H2,1H3,(H,16,21)(H,17,19)(H,18,20). The van der Waals surface area contributed by atoms with Gasteiger partial charge in [0.1, 0.15) is 6.04 Å². The highest BCUT2D eigenvalue weighted by molar-refractivity contribution is 8.00. The number of hydrogen-bond donors (Lipinski definition) is 3. The molecule has 2 unspecified atom stereocenters. The summed E-state index contributed by atoms with van der Waals surface area (Å²) in [6.45, 7) is 2.24. The Kier molecular flexibility index (Phi) is 4.06. The zero-order chi connectivity index (χ0) is 15.7. The van der Waals surface area contributed by atoms with E-state index < -0.39 is 6.04 Å². The van der Waals surface area contributed by atoms with Crippen molar-refractivity contribution in [3.8, 4) is 0 Å². The quantitative estimate of drug-likeness (QED) is 0.776. The largest absolute Gasteiger partial charge is 0.350 e. The van der Waals surface area contributed by atoms with Gasteiger partial charge in [-0.25, -0.2) is 0 Å². The van der Waals surface area contributed by atoms with Crippen LogP contribution in [0.25, 0.3) is 0 Å². The summed E-state index contributed by atoms with van der Waals surface area (Å²) in [5.74, 6) is -0.259. The summed E-state index contributed by atoms with van der Waals surface area (Å²) in [5, 5.41) is 8.23. The normalized spacial score (nSPS) is 23.5. The van der Waals surface area contributed by atoms with Crippen LogP contribution in [0, 0.1) is 0 Å². The van der Waals surface area contributed by atoms with Crippen molar-refractivity contribution in [1.29, 1.82) is 0 Å². The molecule has 1 saturated heterocycles. The van der Waals surface area contributed by atoms with E-state index in [1.807, 2.05) is 25.1 Å². The number of rotatable bonds is 3. The molecular formula is C15H17N3O3S. The highest BCUT2D eigenvalue weighted by atomic mass is 32.2. The number of fused-ring (bicyclic) bond motifs is 1. The van der Waals surface area contributed by atoms with Crippen molar-refractivity contribution < 1.29 is 14.4 Å². The Hall–Kier alpha value is -2.02. The van der Waals surface area contributed by atoms with E-state index in [2.05, 4.69) is 16.0 Å². The zero-order valence-corrected chi connectivity index (χ0v) is 13.0. The summed E-state index contributed by atoms with van der Waals surface area (Å²) in [7, 11) is 0. The molecule has 6 nitrogen and oxygen atoms in total. The van der Waals surface area contributed by atoms with Gasteiger partial charge in [0.15, 0.2) is 0 Å². The second-order valence-corrected chi connectivity index (χ2v) is 6.84. The van der Waals surface area contributed by atoms with Crippen LogP contribution in [0.3, 0.4) is 0 Å². The predicted molar refractivity (Wildman–Crippen MR) is 83.4 cm³/mol. The third-order valence-corrected chi connectivity index (χ3v) is 4.93. The van der Waals surface area contributed by atoms with Gasteiger partial charge in [0.25, 0.3) is 0 Å². The van der Waals surface area contributed by atoms with Crippen molar-refractivity contribution in [2.45, 2.75) is 42.5 Å². The van der Waals surface area contributed by atoms with Crippen molar-refractivity contribution in [3.05, 3.63) is 23.8 Å².